The van der Waals surface area contributed by atoms with Crippen LogP contribution in [0.25, 0.3) is 0 Å². The molecule has 150 valence electrons. The number of hydrogen-bond donors (Lipinski definition) is 2. The molecule has 0 aliphatic carbocycles. The number of halogens is 1. The molecule has 1 aliphatic rings. The molecule has 0 atom stereocenters. The third kappa shape index (κ3) is 3.73. The van der Waals surface area contributed by atoms with Crippen molar-refractivity contribution >= 4 is 33.3 Å². The summed E-state index contributed by atoms with van der Waals surface area (Å²) in [6.07, 6.45) is 0.497. The molecule has 9 heteroatoms. The van der Waals surface area contributed by atoms with Crippen LogP contribution in [-0.2, 0) is 23.0 Å². The number of fused-ring (bicyclic) bond motifs is 1. The molecule has 0 spiro atoms. The number of rotatable bonds is 5. The summed E-state index contributed by atoms with van der Waals surface area (Å²) < 4.78 is 28.1. The van der Waals surface area contributed by atoms with E-state index in [1.54, 1.807) is 24.0 Å². The second-order valence-corrected chi connectivity index (χ2v) is 8.91. The summed E-state index contributed by atoms with van der Waals surface area (Å²) in [5.41, 5.74) is 2.37. The molecular formula is C20H19ClN4O3S. The summed E-state index contributed by atoms with van der Waals surface area (Å²) >= 11 is 6.05. The summed E-state index contributed by atoms with van der Waals surface area (Å²) in [5.74, 6) is -0.0564. The van der Waals surface area contributed by atoms with Gasteiger partial charge in [0.15, 0.2) is 5.82 Å². The number of nitrogens with zero attached hydrogens (tertiary/aromatic N) is 2. The van der Waals surface area contributed by atoms with Gasteiger partial charge in [-0.05, 0) is 36.6 Å². The number of aromatic amines is 1. The second-order valence-electron chi connectivity index (χ2n) is 6.86. The summed E-state index contributed by atoms with van der Waals surface area (Å²) in [6.45, 7) is 2.61. The zero-order valence-corrected chi connectivity index (χ0v) is 17.2. The average Bonchev–Trinajstić information content (AvgIpc) is 3.10. The van der Waals surface area contributed by atoms with Gasteiger partial charge >= 0.3 is 0 Å². The van der Waals surface area contributed by atoms with Crippen molar-refractivity contribution < 1.29 is 13.2 Å². The summed E-state index contributed by atoms with van der Waals surface area (Å²) in [4.78, 5) is 14.6. The van der Waals surface area contributed by atoms with Crippen molar-refractivity contribution in [3.05, 3.63) is 75.9 Å². The Bertz CT molecular complexity index is 1180. The molecule has 0 radical (unpaired) electrons. The molecule has 0 saturated heterocycles. The topological polar surface area (TPSA) is 95.2 Å². The molecule has 29 heavy (non-hydrogen) atoms. The molecule has 3 aromatic rings. The van der Waals surface area contributed by atoms with E-state index in [1.807, 2.05) is 30.3 Å². The summed E-state index contributed by atoms with van der Waals surface area (Å²) in [7, 11) is -3.89. The lowest BCUT2D eigenvalue weighted by Gasteiger charge is -2.26. The van der Waals surface area contributed by atoms with E-state index >= 15 is 0 Å². The third-order valence-electron chi connectivity index (χ3n) is 4.95. The first kappa shape index (κ1) is 19.5. The van der Waals surface area contributed by atoms with Gasteiger partial charge in [-0.3, -0.25) is 14.6 Å². The van der Waals surface area contributed by atoms with Gasteiger partial charge in [0, 0.05) is 23.7 Å². The SMILES string of the molecule is Cc1c(Cl)cccc1S(=O)(=O)Nc1n[nH]c2c1CCN(Cc1ccccc1)C2=O. The van der Waals surface area contributed by atoms with Crippen LogP contribution < -0.4 is 4.72 Å². The minimum Gasteiger partial charge on any atom is -0.333 e. The summed E-state index contributed by atoms with van der Waals surface area (Å²) in [6, 6.07) is 14.4. The van der Waals surface area contributed by atoms with Gasteiger partial charge in [0.1, 0.15) is 5.69 Å². The third-order valence-corrected chi connectivity index (χ3v) is 6.85. The van der Waals surface area contributed by atoms with Gasteiger partial charge in [-0.15, -0.1) is 0 Å². The first-order chi connectivity index (χ1) is 13.9. The Morgan fingerprint density at radius 1 is 1.17 bits per heavy atom. The molecule has 0 bridgehead atoms. The fourth-order valence-electron chi connectivity index (χ4n) is 3.39. The van der Waals surface area contributed by atoms with Crippen molar-refractivity contribution in [2.75, 3.05) is 11.3 Å². The molecule has 0 saturated carbocycles. The van der Waals surface area contributed by atoms with Gasteiger partial charge in [0.2, 0.25) is 0 Å². The number of sulfonamides is 1. The Labute approximate surface area is 173 Å². The van der Waals surface area contributed by atoms with E-state index in [9.17, 15) is 13.2 Å². The molecule has 0 fully saturated rings. The van der Waals surface area contributed by atoms with Crippen molar-refractivity contribution in [1.29, 1.82) is 0 Å². The Balaban J connectivity index is 1.58. The number of aromatic nitrogens is 2. The highest BCUT2D eigenvalue weighted by Gasteiger charge is 2.31. The maximum atomic E-state index is 12.8. The van der Waals surface area contributed by atoms with Crippen LogP contribution in [0.15, 0.2) is 53.4 Å². The average molecular weight is 431 g/mol. The molecule has 1 aromatic heterocycles. The molecule has 0 unspecified atom stereocenters. The lowest BCUT2D eigenvalue weighted by Crippen LogP contribution is -2.37. The van der Waals surface area contributed by atoms with Crippen molar-refractivity contribution in [2.45, 2.75) is 24.8 Å². The van der Waals surface area contributed by atoms with E-state index in [1.165, 1.54) is 6.07 Å². The predicted octanol–water partition coefficient (Wildman–Crippen LogP) is 3.37. The van der Waals surface area contributed by atoms with Gasteiger partial charge in [0.25, 0.3) is 15.9 Å². The first-order valence-corrected chi connectivity index (χ1v) is 10.9. The Kier molecular flexibility index (Phi) is 5.06. The fourth-order valence-corrected chi connectivity index (χ4v) is 4.93. The van der Waals surface area contributed by atoms with Crippen LogP contribution in [0.1, 0.15) is 27.2 Å². The van der Waals surface area contributed by atoms with Gasteiger partial charge in [0.05, 0.1) is 4.90 Å². The number of carbonyl (C=O) groups is 1. The van der Waals surface area contributed by atoms with Crippen LogP contribution in [0.4, 0.5) is 5.82 Å². The molecule has 2 aromatic carbocycles. The summed E-state index contributed by atoms with van der Waals surface area (Å²) in [5, 5.41) is 7.12. The van der Waals surface area contributed by atoms with E-state index in [2.05, 4.69) is 14.9 Å². The smallest absolute Gasteiger partial charge is 0.272 e. The Morgan fingerprint density at radius 3 is 2.69 bits per heavy atom. The lowest BCUT2D eigenvalue weighted by atomic mass is 10.1. The molecule has 4 rings (SSSR count). The second kappa shape index (κ2) is 7.53. The largest absolute Gasteiger partial charge is 0.333 e. The van der Waals surface area contributed by atoms with Gasteiger partial charge < -0.3 is 4.90 Å². The van der Waals surface area contributed by atoms with Crippen LogP contribution in [-0.4, -0.2) is 36.0 Å². The van der Waals surface area contributed by atoms with Crippen molar-refractivity contribution in [3.8, 4) is 0 Å². The van der Waals surface area contributed by atoms with Crippen LogP contribution in [0, 0.1) is 6.92 Å². The molecule has 1 aliphatic heterocycles. The fraction of sp³-hybridized carbons (Fsp3) is 0.200. The molecule has 2 heterocycles. The van der Waals surface area contributed by atoms with Crippen LogP contribution in [0.2, 0.25) is 5.02 Å². The van der Waals surface area contributed by atoms with Gasteiger partial charge in [-0.25, -0.2) is 8.42 Å². The number of hydrogen-bond acceptors (Lipinski definition) is 4. The first-order valence-electron chi connectivity index (χ1n) is 9.05. The maximum Gasteiger partial charge on any atom is 0.272 e. The predicted molar refractivity (Wildman–Crippen MR) is 110 cm³/mol. The normalized spacial score (nSPS) is 14.0. The molecule has 7 nitrogen and oxygen atoms in total. The van der Waals surface area contributed by atoms with Crippen LogP contribution >= 0.6 is 11.6 Å². The number of anilines is 1. The number of nitrogens with one attached hydrogen (secondary N) is 2. The highest BCUT2D eigenvalue weighted by molar-refractivity contribution is 7.92. The quantitative estimate of drug-likeness (QED) is 0.648. The van der Waals surface area contributed by atoms with E-state index in [0.29, 0.717) is 41.4 Å². The van der Waals surface area contributed by atoms with E-state index in [4.69, 9.17) is 11.6 Å². The Morgan fingerprint density at radius 2 is 1.93 bits per heavy atom. The van der Waals surface area contributed by atoms with Crippen molar-refractivity contribution in [3.63, 3.8) is 0 Å². The molecule has 1 amide bonds. The monoisotopic (exact) mass is 430 g/mol. The maximum absolute atomic E-state index is 12.8. The van der Waals surface area contributed by atoms with Crippen LogP contribution in [0.3, 0.4) is 0 Å². The highest BCUT2D eigenvalue weighted by atomic mass is 35.5. The molecule has 2 N–H and O–H groups in total. The zero-order valence-electron chi connectivity index (χ0n) is 15.6. The highest BCUT2D eigenvalue weighted by Crippen LogP contribution is 2.28. The number of H-pyrrole nitrogens is 1. The minimum absolute atomic E-state index is 0.0783. The zero-order chi connectivity index (χ0) is 20.6. The standard InChI is InChI=1S/C20H19ClN4O3S/c1-13-16(21)8-5-9-17(13)29(27,28)24-19-15-10-11-25(20(26)18(15)22-23-19)12-14-6-3-2-4-7-14/h2-9H,10-12H2,1H3,(H2,22,23,24). The lowest BCUT2D eigenvalue weighted by molar-refractivity contribution is 0.0721. The molecular weight excluding hydrogens is 412 g/mol. The van der Waals surface area contributed by atoms with Crippen LogP contribution in [0.5, 0.6) is 0 Å². The number of benzene rings is 2. The van der Waals surface area contributed by atoms with E-state index in [-0.39, 0.29) is 16.6 Å². The van der Waals surface area contributed by atoms with Crippen molar-refractivity contribution in [2.24, 2.45) is 0 Å². The van der Waals surface area contributed by atoms with E-state index in [0.717, 1.165) is 5.56 Å². The van der Waals surface area contributed by atoms with Crippen molar-refractivity contribution in [1.82, 2.24) is 15.1 Å². The van der Waals surface area contributed by atoms with Gasteiger partial charge in [-0.2, -0.15) is 5.10 Å². The minimum atomic E-state index is -3.89. The van der Waals surface area contributed by atoms with E-state index < -0.39 is 10.0 Å². The number of amides is 1. The van der Waals surface area contributed by atoms with Gasteiger partial charge in [-0.1, -0.05) is 48.0 Å². The Hall–Kier alpha value is -2.84. The number of carbonyl (C=O) groups excluding carboxylic acids is 1.